The Hall–Kier alpha value is -3.52. The summed E-state index contributed by atoms with van der Waals surface area (Å²) < 4.78 is 28.8. The Bertz CT molecular complexity index is 1290. The number of carbonyl (C=O) groups excluding carboxylic acids is 1. The molecule has 2 saturated heterocycles. The SMILES string of the molecule is C[C@@H](OC(=O)Cc1c(-c2ccc(C34CCC(CC(=O)O)(CC3)OC4)c(F)c2)cnn1C)c1ccccc1. The molecule has 194 valence electrons. The van der Waals surface area contributed by atoms with E-state index in [4.69, 9.17) is 9.47 Å². The second-order valence-electron chi connectivity index (χ2n) is 10.4. The van der Waals surface area contributed by atoms with Crippen LogP contribution in [0.1, 0.15) is 62.0 Å². The van der Waals surface area contributed by atoms with E-state index >= 15 is 4.39 Å². The van der Waals surface area contributed by atoms with E-state index in [0.717, 1.165) is 5.56 Å². The molecule has 0 radical (unpaired) electrons. The first kappa shape index (κ1) is 25.1. The molecular weight excluding hydrogens is 475 g/mol. The zero-order valence-electron chi connectivity index (χ0n) is 21.1. The Morgan fingerprint density at radius 1 is 1.16 bits per heavy atom. The fourth-order valence-electron chi connectivity index (χ4n) is 5.81. The van der Waals surface area contributed by atoms with Crippen LogP contribution in [0, 0.1) is 5.82 Å². The van der Waals surface area contributed by atoms with Crippen LogP contribution in [0.15, 0.2) is 54.7 Å². The molecule has 0 spiro atoms. The Labute approximate surface area is 215 Å². The van der Waals surface area contributed by atoms with Crippen molar-refractivity contribution in [2.75, 3.05) is 6.61 Å². The number of rotatable bonds is 8. The summed E-state index contributed by atoms with van der Waals surface area (Å²) in [5, 5.41) is 13.6. The third kappa shape index (κ3) is 4.90. The van der Waals surface area contributed by atoms with Crippen molar-refractivity contribution >= 4 is 11.9 Å². The molecule has 1 saturated carbocycles. The topological polar surface area (TPSA) is 90.7 Å². The monoisotopic (exact) mass is 506 g/mol. The van der Waals surface area contributed by atoms with Crippen molar-refractivity contribution in [3.05, 3.63) is 77.4 Å². The highest BCUT2D eigenvalue weighted by molar-refractivity contribution is 5.77. The Morgan fingerprint density at radius 3 is 2.51 bits per heavy atom. The smallest absolute Gasteiger partial charge is 0.312 e. The lowest BCUT2D eigenvalue weighted by atomic mass is 9.62. The number of halogens is 1. The molecule has 2 bridgehead atoms. The van der Waals surface area contributed by atoms with Gasteiger partial charge in [-0.1, -0.05) is 42.5 Å². The molecule has 3 fully saturated rings. The highest BCUT2D eigenvalue weighted by Crippen LogP contribution is 2.52. The fourth-order valence-corrected chi connectivity index (χ4v) is 5.81. The molecule has 3 aromatic rings. The van der Waals surface area contributed by atoms with Gasteiger partial charge in [-0.25, -0.2) is 4.39 Å². The van der Waals surface area contributed by atoms with Gasteiger partial charge >= 0.3 is 11.9 Å². The maximum Gasteiger partial charge on any atom is 0.312 e. The summed E-state index contributed by atoms with van der Waals surface area (Å²) in [7, 11) is 1.75. The van der Waals surface area contributed by atoms with Gasteiger partial charge in [0.15, 0.2) is 0 Å². The second kappa shape index (κ2) is 9.74. The summed E-state index contributed by atoms with van der Waals surface area (Å²) in [6.45, 7) is 2.15. The molecule has 1 N–H and O–H groups in total. The molecule has 7 nitrogen and oxygen atoms in total. The summed E-state index contributed by atoms with van der Waals surface area (Å²) >= 11 is 0. The molecule has 37 heavy (non-hydrogen) atoms. The van der Waals surface area contributed by atoms with E-state index < -0.39 is 17.0 Å². The number of esters is 1. The van der Waals surface area contributed by atoms with Gasteiger partial charge in [0, 0.05) is 18.0 Å². The maximum absolute atomic E-state index is 15.6. The fraction of sp³-hybridized carbons (Fsp3) is 0.414. The van der Waals surface area contributed by atoms with Crippen LogP contribution in [0.5, 0.6) is 0 Å². The molecule has 8 heteroatoms. The highest BCUT2D eigenvalue weighted by atomic mass is 19.1. The van der Waals surface area contributed by atoms with Crippen LogP contribution >= 0.6 is 0 Å². The van der Waals surface area contributed by atoms with Gasteiger partial charge in [0.2, 0.25) is 0 Å². The summed E-state index contributed by atoms with van der Waals surface area (Å²) in [6, 6.07) is 14.7. The predicted octanol–water partition coefficient (Wildman–Crippen LogP) is 5.13. The number of carbonyl (C=O) groups is 2. The molecule has 1 aromatic heterocycles. The van der Waals surface area contributed by atoms with Crippen LogP contribution in [0.2, 0.25) is 0 Å². The van der Waals surface area contributed by atoms with Gasteiger partial charge in [-0.05, 0) is 55.4 Å². The van der Waals surface area contributed by atoms with Crippen LogP contribution in [0.3, 0.4) is 0 Å². The summed E-state index contributed by atoms with van der Waals surface area (Å²) in [5.74, 6) is -1.58. The van der Waals surface area contributed by atoms with Crippen molar-refractivity contribution in [1.82, 2.24) is 9.78 Å². The Balaban J connectivity index is 1.33. The molecule has 1 aliphatic carbocycles. The average molecular weight is 507 g/mol. The molecule has 3 aliphatic rings. The van der Waals surface area contributed by atoms with Crippen molar-refractivity contribution in [1.29, 1.82) is 0 Å². The van der Waals surface area contributed by atoms with Gasteiger partial charge in [0.25, 0.3) is 0 Å². The number of ether oxygens (including phenoxy) is 2. The molecule has 0 unspecified atom stereocenters. The van der Waals surface area contributed by atoms with Crippen molar-refractivity contribution in [3.8, 4) is 11.1 Å². The molecule has 3 heterocycles. The molecule has 2 aromatic carbocycles. The second-order valence-corrected chi connectivity index (χ2v) is 10.4. The highest BCUT2D eigenvalue weighted by Gasteiger charge is 2.52. The largest absolute Gasteiger partial charge is 0.481 e. The van der Waals surface area contributed by atoms with E-state index in [1.807, 2.05) is 43.3 Å². The quantitative estimate of drug-likeness (QED) is 0.426. The lowest BCUT2D eigenvalue weighted by molar-refractivity contribution is -0.175. The Kier molecular flexibility index (Phi) is 6.62. The van der Waals surface area contributed by atoms with Crippen molar-refractivity contribution in [3.63, 3.8) is 0 Å². The summed E-state index contributed by atoms with van der Waals surface area (Å²) in [5.41, 5.74) is 2.40. The summed E-state index contributed by atoms with van der Waals surface area (Å²) in [6.07, 6.45) is 3.86. The lowest BCUT2D eigenvalue weighted by Crippen LogP contribution is -2.54. The first-order valence-corrected chi connectivity index (χ1v) is 12.6. The normalized spacial score (nSPS) is 23.5. The first-order valence-electron chi connectivity index (χ1n) is 12.6. The van der Waals surface area contributed by atoms with Crippen molar-refractivity contribution in [2.24, 2.45) is 7.05 Å². The van der Waals surface area contributed by atoms with Gasteiger partial charge in [-0.2, -0.15) is 5.10 Å². The average Bonchev–Trinajstić information content (AvgIpc) is 3.24. The van der Waals surface area contributed by atoms with Gasteiger partial charge in [0.1, 0.15) is 11.9 Å². The van der Waals surface area contributed by atoms with E-state index in [-0.39, 0.29) is 30.7 Å². The third-order valence-electron chi connectivity index (χ3n) is 8.05. The van der Waals surface area contributed by atoms with Crippen LogP contribution in [-0.4, -0.2) is 39.0 Å². The molecule has 1 atom stereocenters. The number of nitrogens with zero attached hydrogens (tertiary/aromatic N) is 2. The number of benzene rings is 2. The Morgan fingerprint density at radius 2 is 1.89 bits per heavy atom. The lowest BCUT2D eigenvalue weighted by Gasteiger charge is -2.53. The van der Waals surface area contributed by atoms with E-state index in [1.165, 1.54) is 6.07 Å². The number of aromatic nitrogens is 2. The van der Waals surface area contributed by atoms with E-state index in [9.17, 15) is 14.7 Å². The number of hydrogen-bond donors (Lipinski definition) is 1. The standard InChI is InChI=1S/C29H31FN2O5/c1-19(20-6-4-3-5-7-20)37-27(35)15-25-22(17-31-32(25)2)21-8-9-23(24(30)14-21)28-10-12-29(13-11-28,36-18-28)16-26(33)34/h3-9,14,17,19H,10-13,15-16,18H2,1-2H3,(H,33,34)/t19-,28?,29?/m1/s1. The molecule has 0 amide bonds. The summed E-state index contributed by atoms with van der Waals surface area (Å²) in [4.78, 5) is 24.0. The van der Waals surface area contributed by atoms with Crippen LogP contribution in [0.4, 0.5) is 4.39 Å². The third-order valence-corrected chi connectivity index (χ3v) is 8.05. The van der Waals surface area contributed by atoms with Gasteiger partial charge in [0.05, 0.1) is 36.9 Å². The minimum atomic E-state index is -0.865. The van der Waals surface area contributed by atoms with Gasteiger partial charge in [-0.15, -0.1) is 0 Å². The van der Waals surface area contributed by atoms with Gasteiger partial charge < -0.3 is 14.6 Å². The van der Waals surface area contributed by atoms with Crippen molar-refractivity contribution in [2.45, 2.75) is 62.6 Å². The number of carboxylic acid groups (broad SMARTS) is 1. The van der Waals surface area contributed by atoms with E-state index in [2.05, 4.69) is 5.10 Å². The molecule has 2 aliphatic heterocycles. The minimum Gasteiger partial charge on any atom is -0.481 e. The van der Waals surface area contributed by atoms with E-state index in [1.54, 1.807) is 24.0 Å². The van der Waals surface area contributed by atoms with Crippen LogP contribution < -0.4 is 0 Å². The first-order chi connectivity index (χ1) is 17.7. The number of aryl methyl sites for hydroxylation is 1. The van der Waals surface area contributed by atoms with Crippen molar-refractivity contribution < 1.29 is 28.6 Å². The number of carboxylic acids is 1. The van der Waals surface area contributed by atoms with E-state index in [0.29, 0.717) is 54.7 Å². The predicted molar refractivity (Wildman–Crippen MR) is 134 cm³/mol. The zero-order chi connectivity index (χ0) is 26.2. The maximum atomic E-state index is 15.6. The van der Waals surface area contributed by atoms with Crippen LogP contribution in [0.25, 0.3) is 11.1 Å². The van der Waals surface area contributed by atoms with Gasteiger partial charge in [-0.3, -0.25) is 14.3 Å². The number of fused-ring (bicyclic) bond motifs is 3. The number of hydrogen-bond acceptors (Lipinski definition) is 5. The van der Waals surface area contributed by atoms with Crippen LogP contribution in [-0.2, 0) is 37.9 Å². The zero-order valence-corrected chi connectivity index (χ0v) is 21.1. The molecular formula is C29H31FN2O5. The number of aliphatic carboxylic acids is 1. The molecule has 6 rings (SSSR count). The minimum absolute atomic E-state index is 0.00974.